The van der Waals surface area contributed by atoms with Gasteiger partial charge in [0.1, 0.15) is 0 Å². The summed E-state index contributed by atoms with van der Waals surface area (Å²) in [6.45, 7) is 3.39. The van der Waals surface area contributed by atoms with Crippen LogP contribution in [0.1, 0.15) is 41.0 Å². The number of carbonyl (C=O) groups excluding carboxylic acids is 2. The van der Waals surface area contributed by atoms with Crippen LogP contribution >= 0.6 is 46.8 Å². The average molecular weight is 434 g/mol. The minimum absolute atomic E-state index is 0.0250. The first-order valence-electron chi connectivity index (χ1n) is 7.63. The molecule has 8 heteroatoms. The van der Waals surface area contributed by atoms with E-state index in [0.29, 0.717) is 10.6 Å². The zero-order valence-electron chi connectivity index (χ0n) is 14.0. The molecule has 0 aliphatic rings. The summed E-state index contributed by atoms with van der Waals surface area (Å²) in [6.07, 6.45) is 0.0250. The molecule has 0 fully saturated rings. The maximum absolute atomic E-state index is 12.5. The Labute approximate surface area is 172 Å². The minimum atomic E-state index is -0.947. The van der Waals surface area contributed by atoms with Crippen molar-refractivity contribution >= 4 is 58.4 Å². The maximum atomic E-state index is 12.5. The summed E-state index contributed by atoms with van der Waals surface area (Å²) < 4.78 is 1.71. The highest BCUT2D eigenvalue weighted by molar-refractivity contribution is 6.35. The third kappa shape index (κ3) is 4.90. The third-order valence-corrected chi connectivity index (χ3v) is 5.26. The number of hydrogen-bond acceptors (Lipinski definition) is 3. The Morgan fingerprint density at radius 1 is 0.962 bits per heavy atom. The molecule has 1 amide bonds. The molecule has 0 spiro atoms. The van der Waals surface area contributed by atoms with E-state index >= 15 is 0 Å². The van der Waals surface area contributed by atoms with Crippen LogP contribution in [0.4, 0.5) is 0 Å². The smallest absolute Gasteiger partial charge is 0.285 e. The van der Waals surface area contributed by atoms with Crippen molar-refractivity contribution in [3.05, 3.63) is 69.7 Å². The highest BCUT2D eigenvalue weighted by Gasteiger charge is 2.36. The normalized spacial score (nSPS) is 11.5. The van der Waals surface area contributed by atoms with Crippen molar-refractivity contribution in [2.24, 2.45) is 0 Å². The molecular formula is C18H16Cl4N2O2. The molecule has 0 unspecified atom stereocenters. The molecule has 0 atom stereocenters. The average Bonchev–Trinajstić information content (AvgIpc) is 2.60. The molecule has 2 rings (SSSR count). The van der Waals surface area contributed by atoms with Crippen molar-refractivity contribution in [2.45, 2.75) is 25.8 Å². The van der Waals surface area contributed by atoms with Gasteiger partial charge in [0.05, 0.1) is 16.1 Å². The van der Waals surface area contributed by atoms with Crippen LogP contribution in [-0.2, 0) is 0 Å². The molecule has 0 saturated heterocycles. The fraction of sp³-hybridized carbons (Fsp3) is 0.222. The molecule has 0 bridgehead atoms. The Balaban J connectivity index is 2.14. The molecule has 0 aliphatic heterocycles. The lowest BCUT2D eigenvalue weighted by atomic mass is 9.95. The lowest BCUT2D eigenvalue weighted by Gasteiger charge is -2.36. The van der Waals surface area contributed by atoms with Crippen LogP contribution in [0.15, 0.2) is 48.5 Å². The van der Waals surface area contributed by atoms with Gasteiger partial charge in [-0.1, -0.05) is 35.3 Å². The van der Waals surface area contributed by atoms with Crippen LogP contribution < -0.4 is 0 Å². The van der Waals surface area contributed by atoms with E-state index < -0.39 is 11.4 Å². The van der Waals surface area contributed by atoms with Gasteiger partial charge in [-0.3, -0.25) is 9.59 Å². The van der Waals surface area contributed by atoms with Crippen molar-refractivity contribution < 1.29 is 9.59 Å². The minimum Gasteiger partial charge on any atom is -0.294 e. The molecule has 26 heavy (non-hydrogen) atoms. The predicted molar refractivity (Wildman–Crippen MR) is 106 cm³/mol. The molecule has 0 saturated carbocycles. The van der Waals surface area contributed by atoms with Gasteiger partial charge in [0.2, 0.25) is 0 Å². The van der Waals surface area contributed by atoms with Crippen molar-refractivity contribution in [3.63, 3.8) is 0 Å². The highest BCUT2D eigenvalue weighted by atomic mass is 35.5. The van der Waals surface area contributed by atoms with Crippen molar-refractivity contribution in [1.82, 2.24) is 9.06 Å². The molecule has 0 N–H and O–H groups in total. The number of hydrazine groups is 1. The fourth-order valence-electron chi connectivity index (χ4n) is 2.25. The van der Waals surface area contributed by atoms with E-state index in [2.05, 4.69) is 0 Å². The number of amides is 1. The third-order valence-electron chi connectivity index (χ3n) is 3.68. The predicted octanol–water partition coefficient (Wildman–Crippen LogP) is 6.01. The molecule has 2 aromatic rings. The van der Waals surface area contributed by atoms with Gasteiger partial charge < -0.3 is 0 Å². The van der Waals surface area contributed by atoms with E-state index in [4.69, 9.17) is 46.8 Å². The number of carbonyl (C=O) groups is 2. The van der Waals surface area contributed by atoms with Crippen LogP contribution in [0.3, 0.4) is 0 Å². The summed E-state index contributed by atoms with van der Waals surface area (Å²) >= 11 is 24.2. The van der Waals surface area contributed by atoms with Crippen LogP contribution in [-0.4, -0.2) is 26.3 Å². The fourth-order valence-corrected chi connectivity index (χ4v) is 3.01. The Bertz CT molecular complexity index is 809. The first-order chi connectivity index (χ1) is 12.1. The van der Waals surface area contributed by atoms with E-state index in [1.807, 2.05) is 0 Å². The van der Waals surface area contributed by atoms with Gasteiger partial charge in [0, 0.05) is 40.6 Å². The van der Waals surface area contributed by atoms with Crippen molar-refractivity contribution in [3.8, 4) is 0 Å². The second-order valence-corrected chi connectivity index (χ2v) is 7.71. The number of nitrogens with zero attached hydrogens (tertiary/aromatic N) is 2. The molecule has 4 nitrogen and oxygen atoms in total. The zero-order chi connectivity index (χ0) is 19.5. The standard InChI is InChI=1S/C18H16Cl4N2O2/c1-18(2,11-16(25)12-7-9-13(19)10-8-12)24(22)23(21)17(26)14-5-3-4-6-15(14)20/h3-10H,11H2,1-2H3. The lowest BCUT2D eigenvalue weighted by Crippen LogP contribution is -2.48. The van der Waals surface area contributed by atoms with Gasteiger partial charge in [0.15, 0.2) is 5.78 Å². The Hall–Kier alpha value is -1.30. The summed E-state index contributed by atoms with van der Waals surface area (Å²) in [5.41, 5.74) is -0.252. The molecular weight excluding hydrogens is 418 g/mol. The van der Waals surface area contributed by atoms with E-state index in [9.17, 15) is 9.59 Å². The van der Waals surface area contributed by atoms with E-state index in [0.717, 1.165) is 9.06 Å². The zero-order valence-corrected chi connectivity index (χ0v) is 17.1. The summed E-state index contributed by atoms with van der Waals surface area (Å²) in [6, 6.07) is 13.0. The van der Waals surface area contributed by atoms with Crippen LogP contribution in [0.5, 0.6) is 0 Å². The maximum Gasteiger partial charge on any atom is 0.285 e. The van der Waals surface area contributed by atoms with Gasteiger partial charge >= 0.3 is 0 Å². The largest absolute Gasteiger partial charge is 0.294 e. The summed E-state index contributed by atoms with van der Waals surface area (Å²) in [5, 5.41) is 0.792. The second kappa shape index (κ2) is 8.59. The molecule has 0 aliphatic carbocycles. The van der Waals surface area contributed by atoms with Gasteiger partial charge in [-0.2, -0.15) is 4.53 Å². The van der Waals surface area contributed by atoms with Gasteiger partial charge in [-0.05, 0) is 50.2 Å². The Morgan fingerprint density at radius 2 is 1.54 bits per heavy atom. The molecule has 0 aromatic heterocycles. The van der Waals surface area contributed by atoms with E-state index in [-0.39, 0.29) is 22.8 Å². The Kier molecular flexibility index (Phi) is 6.94. The van der Waals surface area contributed by atoms with Gasteiger partial charge in [-0.15, -0.1) is 4.53 Å². The van der Waals surface area contributed by atoms with Gasteiger partial charge in [-0.25, -0.2) is 0 Å². The van der Waals surface area contributed by atoms with E-state index in [1.54, 1.807) is 56.3 Å². The number of hydrogen-bond donors (Lipinski definition) is 0. The van der Waals surface area contributed by atoms with Crippen molar-refractivity contribution in [2.75, 3.05) is 0 Å². The van der Waals surface area contributed by atoms with Crippen LogP contribution in [0.2, 0.25) is 10.0 Å². The van der Waals surface area contributed by atoms with Crippen LogP contribution in [0.25, 0.3) is 0 Å². The number of Topliss-reactive ketones (excluding diaryl/α,β-unsaturated/α-hetero) is 1. The number of halogens is 4. The quantitative estimate of drug-likeness (QED) is 0.318. The first kappa shape index (κ1) is 21.0. The summed E-state index contributed by atoms with van der Waals surface area (Å²) in [4.78, 5) is 25.0. The highest BCUT2D eigenvalue weighted by Crippen LogP contribution is 2.29. The number of rotatable bonds is 6. The molecule has 2 aromatic carbocycles. The second-order valence-electron chi connectivity index (χ2n) is 6.22. The first-order valence-corrected chi connectivity index (χ1v) is 9.06. The SMILES string of the molecule is CC(C)(CC(=O)c1ccc(Cl)cc1)N(Cl)N(Cl)C(=O)c1ccccc1Cl. The lowest BCUT2D eigenvalue weighted by molar-refractivity contribution is 0.0374. The van der Waals surface area contributed by atoms with Crippen LogP contribution in [0, 0.1) is 0 Å². The number of benzene rings is 2. The molecule has 138 valence electrons. The van der Waals surface area contributed by atoms with Crippen molar-refractivity contribution in [1.29, 1.82) is 0 Å². The van der Waals surface area contributed by atoms with Gasteiger partial charge in [0.25, 0.3) is 5.91 Å². The number of ketones is 1. The molecule has 0 radical (unpaired) electrons. The summed E-state index contributed by atoms with van der Waals surface area (Å²) in [7, 11) is 0. The Morgan fingerprint density at radius 3 is 2.12 bits per heavy atom. The monoisotopic (exact) mass is 432 g/mol. The topological polar surface area (TPSA) is 40.6 Å². The van der Waals surface area contributed by atoms with E-state index in [1.165, 1.54) is 6.07 Å². The molecule has 0 heterocycles. The summed E-state index contributed by atoms with van der Waals surface area (Å²) in [5.74, 6) is -0.758.